The van der Waals surface area contributed by atoms with Crippen LogP contribution in [-0.4, -0.2) is 14.2 Å². The Hall–Kier alpha value is -0.730. The fraction of sp³-hybridized carbons (Fsp3) is 0.625. The highest BCUT2D eigenvalue weighted by Crippen LogP contribution is 2.38. The number of halogens is 1. The topological polar surface area (TPSA) is 21.3 Å². The van der Waals surface area contributed by atoms with Gasteiger partial charge in [0.25, 0.3) is 0 Å². The number of rotatable bonds is 4. The molecule has 0 aliphatic heterocycles. The second-order valence-electron chi connectivity index (χ2n) is 5.68. The average molecular weight is 282 g/mol. The van der Waals surface area contributed by atoms with Crippen LogP contribution in [-0.2, 0) is 0 Å². The van der Waals surface area contributed by atoms with Crippen LogP contribution in [0.15, 0.2) is 18.2 Å². The van der Waals surface area contributed by atoms with Crippen LogP contribution in [0, 0.1) is 11.8 Å². The van der Waals surface area contributed by atoms with E-state index in [0.717, 1.165) is 11.7 Å². The minimum Gasteiger partial charge on any atom is -0.495 e. The van der Waals surface area contributed by atoms with Crippen LogP contribution in [0.5, 0.6) is 5.75 Å². The van der Waals surface area contributed by atoms with Crippen molar-refractivity contribution in [1.82, 2.24) is 5.32 Å². The van der Waals surface area contributed by atoms with E-state index in [2.05, 4.69) is 24.4 Å². The standard InChI is InChI=1S/C16H24ClNO/c1-11-4-6-12(7-5-11)16(18-2)13-8-9-14(17)15(10-13)19-3/h8-12,16,18H,4-7H2,1-3H3. The van der Waals surface area contributed by atoms with Gasteiger partial charge in [-0.1, -0.05) is 37.4 Å². The van der Waals surface area contributed by atoms with Crippen molar-refractivity contribution in [2.75, 3.05) is 14.2 Å². The van der Waals surface area contributed by atoms with E-state index in [4.69, 9.17) is 16.3 Å². The van der Waals surface area contributed by atoms with Gasteiger partial charge in [-0.15, -0.1) is 0 Å². The fourth-order valence-electron chi connectivity index (χ4n) is 3.16. The monoisotopic (exact) mass is 281 g/mol. The molecule has 1 atom stereocenters. The Bertz CT molecular complexity index is 413. The molecule has 0 aromatic heterocycles. The van der Waals surface area contributed by atoms with Crippen LogP contribution < -0.4 is 10.1 Å². The molecule has 1 aromatic rings. The number of nitrogens with one attached hydrogen (secondary N) is 1. The zero-order chi connectivity index (χ0) is 13.8. The molecule has 0 bridgehead atoms. The molecule has 1 fully saturated rings. The smallest absolute Gasteiger partial charge is 0.137 e. The van der Waals surface area contributed by atoms with Gasteiger partial charge in [-0.25, -0.2) is 0 Å². The molecule has 0 spiro atoms. The lowest BCUT2D eigenvalue weighted by Crippen LogP contribution is -2.28. The zero-order valence-electron chi connectivity index (χ0n) is 12.1. The highest BCUT2D eigenvalue weighted by atomic mass is 35.5. The molecule has 106 valence electrons. The van der Waals surface area contributed by atoms with Gasteiger partial charge in [-0.05, 0) is 49.4 Å². The van der Waals surface area contributed by atoms with Crippen molar-refractivity contribution in [2.45, 2.75) is 38.6 Å². The highest BCUT2D eigenvalue weighted by molar-refractivity contribution is 6.32. The number of benzene rings is 1. The first-order valence-electron chi connectivity index (χ1n) is 7.16. The zero-order valence-corrected chi connectivity index (χ0v) is 12.8. The van der Waals surface area contributed by atoms with Crippen molar-refractivity contribution in [3.05, 3.63) is 28.8 Å². The first-order valence-corrected chi connectivity index (χ1v) is 7.54. The van der Waals surface area contributed by atoms with Crippen molar-refractivity contribution in [3.63, 3.8) is 0 Å². The maximum absolute atomic E-state index is 6.10. The number of methoxy groups -OCH3 is 1. The summed E-state index contributed by atoms with van der Waals surface area (Å²) in [4.78, 5) is 0. The molecule has 0 heterocycles. The van der Waals surface area contributed by atoms with Gasteiger partial charge in [0.05, 0.1) is 12.1 Å². The van der Waals surface area contributed by atoms with E-state index in [1.165, 1.54) is 31.2 Å². The van der Waals surface area contributed by atoms with Crippen LogP contribution in [0.1, 0.15) is 44.2 Å². The molecule has 0 amide bonds. The first-order chi connectivity index (χ1) is 9.15. The molecule has 2 nitrogen and oxygen atoms in total. The predicted octanol–water partition coefficient (Wildman–Crippen LogP) is 4.44. The van der Waals surface area contributed by atoms with Crippen molar-refractivity contribution >= 4 is 11.6 Å². The Morgan fingerprint density at radius 1 is 1.26 bits per heavy atom. The maximum atomic E-state index is 6.10. The Morgan fingerprint density at radius 2 is 1.95 bits per heavy atom. The summed E-state index contributed by atoms with van der Waals surface area (Å²) >= 11 is 6.10. The molecular formula is C16H24ClNO. The lowest BCUT2D eigenvalue weighted by atomic mass is 9.77. The van der Waals surface area contributed by atoms with E-state index in [1.54, 1.807) is 7.11 Å². The third-order valence-corrected chi connectivity index (χ3v) is 4.69. The van der Waals surface area contributed by atoms with Crippen LogP contribution in [0.2, 0.25) is 5.02 Å². The molecule has 0 saturated heterocycles. The predicted molar refractivity (Wildman–Crippen MR) is 80.9 cm³/mol. The first kappa shape index (κ1) is 14.7. The summed E-state index contributed by atoms with van der Waals surface area (Å²) in [6, 6.07) is 6.52. The SMILES string of the molecule is CNC(c1ccc(Cl)c(OC)c1)C1CCC(C)CC1. The molecule has 1 unspecified atom stereocenters. The second kappa shape index (κ2) is 6.62. The van der Waals surface area contributed by atoms with Gasteiger partial charge in [0.15, 0.2) is 0 Å². The Morgan fingerprint density at radius 3 is 2.53 bits per heavy atom. The molecule has 1 aliphatic carbocycles. The van der Waals surface area contributed by atoms with Crippen molar-refractivity contribution in [1.29, 1.82) is 0 Å². The highest BCUT2D eigenvalue weighted by Gasteiger charge is 2.26. The lowest BCUT2D eigenvalue weighted by molar-refractivity contribution is 0.237. The van der Waals surface area contributed by atoms with Gasteiger partial charge in [0.1, 0.15) is 5.75 Å². The van der Waals surface area contributed by atoms with E-state index in [0.29, 0.717) is 17.0 Å². The van der Waals surface area contributed by atoms with Crippen LogP contribution in [0.4, 0.5) is 0 Å². The van der Waals surface area contributed by atoms with E-state index >= 15 is 0 Å². The van der Waals surface area contributed by atoms with Gasteiger partial charge in [0.2, 0.25) is 0 Å². The van der Waals surface area contributed by atoms with Crippen molar-refractivity contribution < 1.29 is 4.74 Å². The molecular weight excluding hydrogens is 258 g/mol. The fourth-order valence-corrected chi connectivity index (χ4v) is 3.36. The summed E-state index contributed by atoms with van der Waals surface area (Å²) in [5, 5.41) is 4.15. The van der Waals surface area contributed by atoms with Crippen molar-refractivity contribution in [2.24, 2.45) is 11.8 Å². The van der Waals surface area contributed by atoms with Gasteiger partial charge in [-0.3, -0.25) is 0 Å². The lowest BCUT2D eigenvalue weighted by Gasteiger charge is -2.33. The normalized spacial score (nSPS) is 25.1. The molecule has 1 saturated carbocycles. The minimum absolute atomic E-state index is 0.402. The summed E-state index contributed by atoms with van der Waals surface area (Å²) in [6.45, 7) is 2.36. The molecule has 1 N–H and O–H groups in total. The molecule has 1 aliphatic rings. The summed E-state index contributed by atoms with van der Waals surface area (Å²) < 4.78 is 5.32. The van der Waals surface area contributed by atoms with Gasteiger partial charge < -0.3 is 10.1 Å². The van der Waals surface area contributed by atoms with E-state index in [1.807, 2.05) is 13.1 Å². The summed E-state index contributed by atoms with van der Waals surface area (Å²) in [5.74, 6) is 2.36. The summed E-state index contributed by atoms with van der Waals surface area (Å²) in [5.41, 5.74) is 1.28. The average Bonchev–Trinajstić information content (AvgIpc) is 2.43. The maximum Gasteiger partial charge on any atom is 0.137 e. The molecule has 3 heteroatoms. The molecule has 19 heavy (non-hydrogen) atoms. The second-order valence-corrected chi connectivity index (χ2v) is 6.09. The minimum atomic E-state index is 0.402. The summed E-state index contributed by atoms with van der Waals surface area (Å²) in [6.07, 6.45) is 5.29. The largest absolute Gasteiger partial charge is 0.495 e. The Balaban J connectivity index is 2.17. The van der Waals surface area contributed by atoms with Crippen LogP contribution in [0.3, 0.4) is 0 Å². The number of hydrogen-bond donors (Lipinski definition) is 1. The van der Waals surface area contributed by atoms with E-state index in [-0.39, 0.29) is 0 Å². The van der Waals surface area contributed by atoms with Gasteiger partial charge >= 0.3 is 0 Å². The summed E-state index contributed by atoms with van der Waals surface area (Å²) in [7, 11) is 3.71. The van der Waals surface area contributed by atoms with E-state index in [9.17, 15) is 0 Å². The van der Waals surface area contributed by atoms with Gasteiger partial charge in [-0.2, -0.15) is 0 Å². The van der Waals surface area contributed by atoms with Crippen LogP contribution in [0.25, 0.3) is 0 Å². The van der Waals surface area contributed by atoms with E-state index < -0.39 is 0 Å². The van der Waals surface area contributed by atoms with Crippen LogP contribution >= 0.6 is 11.6 Å². The molecule has 2 rings (SSSR count). The molecule has 0 radical (unpaired) electrons. The van der Waals surface area contributed by atoms with Crippen molar-refractivity contribution in [3.8, 4) is 5.75 Å². The molecule has 1 aromatic carbocycles. The third kappa shape index (κ3) is 3.43. The Labute approximate surface area is 121 Å². The number of hydrogen-bond acceptors (Lipinski definition) is 2. The Kier molecular flexibility index (Phi) is 5.12. The third-order valence-electron chi connectivity index (χ3n) is 4.38. The quantitative estimate of drug-likeness (QED) is 0.881. The number of ether oxygens (including phenoxy) is 1. The van der Waals surface area contributed by atoms with Gasteiger partial charge in [0, 0.05) is 6.04 Å².